The molecular formula is C18H32IN5O2S. The number of ether oxygens (including phenoxy) is 1. The first-order valence-corrected chi connectivity index (χ1v) is 9.95. The number of carbonyl (C=O) groups is 1. The minimum atomic E-state index is -0.469. The standard InChI is InChI=1S/C18H31N5O2S.HI/c1-13-12-22-15(26-13)8-9-20-16(19-5)21-10-11-23(14-6-7-14)17(24)25-18(2,3)4;/h12,14H,6-11H2,1-5H3,(H2,19,20,21);1H. The van der Waals surface area contributed by atoms with Crippen molar-refractivity contribution in [1.82, 2.24) is 20.5 Å². The summed E-state index contributed by atoms with van der Waals surface area (Å²) >= 11 is 1.72. The molecule has 0 unspecified atom stereocenters. The van der Waals surface area contributed by atoms with Crippen LogP contribution in [0.15, 0.2) is 11.2 Å². The first-order chi connectivity index (χ1) is 12.3. The van der Waals surface area contributed by atoms with Gasteiger partial charge in [-0.05, 0) is 40.5 Å². The Morgan fingerprint density at radius 1 is 1.37 bits per heavy atom. The lowest BCUT2D eigenvalue weighted by Gasteiger charge is -2.27. The van der Waals surface area contributed by atoms with Crippen LogP contribution in [0.5, 0.6) is 0 Å². The fourth-order valence-corrected chi connectivity index (χ4v) is 3.24. The summed E-state index contributed by atoms with van der Waals surface area (Å²) < 4.78 is 5.51. The predicted molar refractivity (Wildman–Crippen MR) is 121 cm³/mol. The van der Waals surface area contributed by atoms with E-state index in [4.69, 9.17) is 4.74 Å². The van der Waals surface area contributed by atoms with Crippen LogP contribution in [0.25, 0.3) is 0 Å². The van der Waals surface area contributed by atoms with Gasteiger partial charge in [0, 0.05) is 50.2 Å². The Bertz CT molecular complexity index is 626. The summed E-state index contributed by atoms with van der Waals surface area (Å²) in [7, 11) is 1.75. The summed E-state index contributed by atoms with van der Waals surface area (Å²) in [5.41, 5.74) is -0.469. The van der Waals surface area contributed by atoms with E-state index in [0.717, 1.165) is 36.8 Å². The Balaban J connectivity index is 0.00000364. The molecule has 0 aliphatic heterocycles. The van der Waals surface area contributed by atoms with Crippen molar-refractivity contribution in [2.24, 2.45) is 4.99 Å². The highest BCUT2D eigenvalue weighted by Crippen LogP contribution is 2.28. The van der Waals surface area contributed by atoms with E-state index in [2.05, 4.69) is 27.5 Å². The van der Waals surface area contributed by atoms with E-state index in [1.54, 1.807) is 18.4 Å². The molecule has 0 aromatic carbocycles. The third-order valence-electron chi connectivity index (χ3n) is 3.78. The zero-order chi connectivity index (χ0) is 19.2. The first kappa shape index (κ1) is 23.9. The number of hydrogen-bond donors (Lipinski definition) is 2. The fraction of sp³-hybridized carbons (Fsp3) is 0.722. The molecular weight excluding hydrogens is 477 g/mol. The highest BCUT2D eigenvalue weighted by Gasteiger charge is 2.34. The zero-order valence-corrected chi connectivity index (χ0v) is 20.0. The van der Waals surface area contributed by atoms with Crippen LogP contribution in [0.2, 0.25) is 0 Å². The van der Waals surface area contributed by atoms with Gasteiger partial charge in [-0.1, -0.05) is 0 Å². The summed E-state index contributed by atoms with van der Waals surface area (Å²) in [6.07, 6.45) is 4.64. The van der Waals surface area contributed by atoms with Crippen LogP contribution in [0.4, 0.5) is 4.79 Å². The van der Waals surface area contributed by atoms with Crippen LogP contribution in [0.3, 0.4) is 0 Å². The van der Waals surface area contributed by atoms with E-state index in [1.807, 2.05) is 31.9 Å². The van der Waals surface area contributed by atoms with Gasteiger partial charge in [-0.2, -0.15) is 0 Å². The summed E-state index contributed by atoms with van der Waals surface area (Å²) in [5, 5.41) is 7.67. The normalized spacial score (nSPS) is 14.3. The van der Waals surface area contributed by atoms with Crippen molar-refractivity contribution in [3.63, 3.8) is 0 Å². The third-order valence-corrected chi connectivity index (χ3v) is 4.76. The highest BCUT2D eigenvalue weighted by molar-refractivity contribution is 14.0. The van der Waals surface area contributed by atoms with Gasteiger partial charge in [-0.3, -0.25) is 4.99 Å². The monoisotopic (exact) mass is 509 g/mol. The van der Waals surface area contributed by atoms with Crippen LogP contribution in [-0.4, -0.2) is 60.3 Å². The number of aromatic nitrogens is 1. The molecule has 0 bridgehead atoms. The average Bonchev–Trinajstić information content (AvgIpc) is 3.30. The van der Waals surface area contributed by atoms with Crippen LogP contribution in [0.1, 0.15) is 43.5 Å². The van der Waals surface area contributed by atoms with Gasteiger partial charge in [-0.25, -0.2) is 9.78 Å². The van der Waals surface area contributed by atoms with Crippen molar-refractivity contribution < 1.29 is 9.53 Å². The molecule has 1 fully saturated rings. The van der Waals surface area contributed by atoms with Crippen LogP contribution < -0.4 is 10.6 Å². The number of aryl methyl sites for hydroxylation is 1. The second-order valence-electron chi connectivity index (χ2n) is 7.45. The molecule has 1 aromatic rings. The van der Waals surface area contributed by atoms with Crippen molar-refractivity contribution in [2.45, 2.75) is 58.6 Å². The molecule has 2 N–H and O–H groups in total. The summed E-state index contributed by atoms with van der Waals surface area (Å²) in [6, 6.07) is 0.315. The summed E-state index contributed by atoms with van der Waals surface area (Å²) in [6.45, 7) is 9.74. The Hall–Kier alpha value is -1.10. The molecule has 27 heavy (non-hydrogen) atoms. The molecule has 1 saturated carbocycles. The fourth-order valence-electron chi connectivity index (χ4n) is 2.45. The molecule has 0 spiro atoms. The van der Waals surface area contributed by atoms with E-state index in [0.29, 0.717) is 19.1 Å². The molecule has 1 aromatic heterocycles. The number of halogens is 1. The second-order valence-corrected chi connectivity index (χ2v) is 8.76. The van der Waals surface area contributed by atoms with Crippen molar-refractivity contribution in [3.05, 3.63) is 16.1 Å². The summed E-state index contributed by atoms with van der Waals surface area (Å²) in [4.78, 5) is 24.0. The SMILES string of the molecule is CN=C(NCCc1ncc(C)s1)NCCN(C(=O)OC(C)(C)C)C1CC1.I. The van der Waals surface area contributed by atoms with Gasteiger partial charge >= 0.3 is 6.09 Å². The minimum absolute atomic E-state index is 0. The molecule has 1 amide bonds. The largest absolute Gasteiger partial charge is 0.444 e. The zero-order valence-electron chi connectivity index (χ0n) is 16.9. The van der Waals surface area contributed by atoms with Gasteiger partial charge in [0.05, 0.1) is 5.01 Å². The number of aliphatic imine (C=N–C) groups is 1. The maximum atomic E-state index is 12.3. The van der Waals surface area contributed by atoms with E-state index in [9.17, 15) is 4.79 Å². The highest BCUT2D eigenvalue weighted by atomic mass is 127. The van der Waals surface area contributed by atoms with Crippen molar-refractivity contribution >= 4 is 47.4 Å². The number of amides is 1. The maximum absolute atomic E-state index is 12.3. The van der Waals surface area contributed by atoms with Gasteiger partial charge < -0.3 is 20.3 Å². The smallest absolute Gasteiger partial charge is 0.410 e. The first-order valence-electron chi connectivity index (χ1n) is 9.14. The topological polar surface area (TPSA) is 78.9 Å². The molecule has 7 nitrogen and oxygen atoms in total. The van der Waals surface area contributed by atoms with E-state index >= 15 is 0 Å². The van der Waals surface area contributed by atoms with Crippen molar-refractivity contribution in [2.75, 3.05) is 26.7 Å². The molecule has 0 atom stereocenters. The molecule has 154 valence electrons. The molecule has 0 radical (unpaired) electrons. The third kappa shape index (κ3) is 9.09. The van der Waals surface area contributed by atoms with Gasteiger partial charge in [0.25, 0.3) is 0 Å². The Kier molecular flexibility index (Phi) is 9.78. The van der Waals surface area contributed by atoms with E-state index in [-0.39, 0.29) is 30.1 Å². The molecule has 1 heterocycles. The molecule has 2 rings (SSSR count). The number of carbonyl (C=O) groups excluding carboxylic acids is 1. The van der Waals surface area contributed by atoms with E-state index in [1.165, 1.54) is 4.88 Å². The van der Waals surface area contributed by atoms with Gasteiger partial charge in [-0.15, -0.1) is 35.3 Å². The van der Waals surface area contributed by atoms with E-state index < -0.39 is 5.60 Å². The summed E-state index contributed by atoms with van der Waals surface area (Å²) in [5.74, 6) is 0.734. The second kappa shape index (κ2) is 11.0. The maximum Gasteiger partial charge on any atom is 0.410 e. The van der Waals surface area contributed by atoms with Gasteiger partial charge in [0.15, 0.2) is 5.96 Å². The molecule has 0 saturated heterocycles. The lowest BCUT2D eigenvalue weighted by atomic mass is 10.2. The quantitative estimate of drug-likeness (QED) is 0.336. The molecule has 1 aliphatic rings. The Labute approximate surface area is 183 Å². The number of guanidine groups is 1. The Morgan fingerprint density at radius 3 is 2.56 bits per heavy atom. The van der Waals surface area contributed by atoms with Gasteiger partial charge in [0.2, 0.25) is 0 Å². The lowest BCUT2D eigenvalue weighted by molar-refractivity contribution is 0.0238. The average molecular weight is 509 g/mol. The van der Waals surface area contributed by atoms with Gasteiger partial charge in [0.1, 0.15) is 5.60 Å². The molecule has 1 aliphatic carbocycles. The number of nitrogens with zero attached hydrogens (tertiary/aromatic N) is 3. The van der Waals surface area contributed by atoms with Crippen LogP contribution in [0, 0.1) is 6.92 Å². The van der Waals surface area contributed by atoms with Crippen molar-refractivity contribution in [3.8, 4) is 0 Å². The number of hydrogen-bond acceptors (Lipinski definition) is 5. The minimum Gasteiger partial charge on any atom is -0.444 e. The number of rotatable bonds is 7. The number of nitrogens with one attached hydrogen (secondary N) is 2. The van der Waals surface area contributed by atoms with Crippen LogP contribution >= 0.6 is 35.3 Å². The predicted octanol–water partition coefficient (Wildman–Crippen LogP) is 3.18. The van der Waals surface area contributed by atoms with Crippen molar-refractivity contribution in [1.29, 1.82) is 0 Å². The Morgan fingerprint density at radius 2 is 2.04 bits per heavy atom. The van der Waals surface area contributed by atoms with Crippen LogP contribution in [-0.2, 0) is 11.2 Å². The molecule has 9 heteroatoms. The lowest BCUT2D eigenvalue weighted by Crippen LogP contribution is -2.45. The number of thiazole rings is 1.